The molecule has 5 atom stereocenters. The molecule has 0 aromatic carbocycles. The fourth-order valence-corrected chi connectivity index (χ4v) is 3.09. The van der Waals surface area contributed by atoms with E-state index in [0.717, 1.165) is 0 Å². The van der Waals surface area contributed by atoms with Crippen LogP contribution in [0.3, 0.4) is 0 Å². The SMILES string of the molecule is CCC(C)C(N)C(=O)NC(Cc1cnc[nH]1)C(=O)NC(CCC(=O)O)C(=O)NC(CC(N)=O)C(=O)O. The molecule has 0 fully saturated rings. The highest BCUT2D eigenvalue weighted by Gasteiger charge is 2.32. The largest absolute Gasteiger partial charge is 0.481 e. The van der Waals surface area contributed by atoms with E-state index in [0.29, 0.717) is 12.1 Å². The molecule has 0 bridgehead atoms. The molecule has 1 rings (SSSR count). The van der Waals surface area contributed by atoms with Gasteiger partial charge in [0.25, 0.3) is 0 Å². The van der Waals surface area contributed by atoms with E-state index in [1.807, 2.05) is 6.92 Å². The number of aromatic amines is 1. The van der Waals surface area contributed by atoms with Crippen LogP contribution in [-0.4, -0.2) is 79.9 Å². The molecular formula is C21H33N7O8. The fraction of sp³-hybridized carbons (Fsp3) is 0.571. The molecule has 1 aromatic heterocycles. The second kappa shape index (κ2) is 14.4. The smallest absolute Gasteiger partial charge is 0.326 e. The summed E-state index contributed by atoms with van der Waals surface area (Å²) in [7, 11) is 0. The van der Waals surface area contributed by atoms with Gasteiger partial charge >= 0.3 is 11.9 Å². The van der Waals surface area contributed by atoms with Gasteiger partial charge in [-0.2, -0.15) is 0 Å². The summed E-state index contributed by atoms with van der Waals surface area (Å²) < 4.78 is 0. The Hall–Kier alpha value is -4.01. The van der Waals surface area contributed by atoms with Crippen LogP contribution < -0.4 is 27.4 Å². The predicted molar refractivity (Wildman–Crippen MR) is 124 cm³/mol. The first kappa shape index (κ1) is 30.0. The highest BCUT2D eigenvalue weighted by Crippen LogP contribution is 2.08. The van der Waals surface area contributed by atoms with Crippen molar-refractivity contribution in [3.8, 4) is 0 Å². The van der Waals surface area contributed by atoms with Crippen LogP contribution in [0.5, 0.6) is 0 Å². The van der Waals surface area contributed by atoms with Crippen molar-refractivity contribution >= 4 is 35.6 Å². The number of aliphatic carboxylic acids is 2. The van der Waals surface area contributed by atoms with Crippen LogP contribution in [0.25, 0.3) is 0 Å². The second-order valence-corrected chi connectivity index (χ2v) is 8.32. The molecule has 36 heavy (non-hydrogen) atoms. The lowest BCUT2D eigenvalue weighted by Crippen LogP contribution is -2.58. The maximum Gasteiger partial charge on any atom is 0.326 e. The van der Waals surface area contributed by atoms with Gasteiger partial charge in [-0.25, -0.2) is 9.78 Å². The van der Waals surface area contributed by atoms with E-state index >= 15 is 0 Å². The molecule has 15 heteroatoms. The molecule has 4 amide bonds. The van der Waals surface area contributed by atoms with Crippen LogP contribution in [0.4, 0.5) is 0 Å². The maximum absolute atomic E-state index is 13.1. The quantitative estimate of drug-likeness (QED) is 0.117. The van der Waals surface area contributed by atoms with Crippen molar-refractivity contribution in [2.24, 2.45) is 17.4 Å². The van der Waals surface area contributed by atoms with E-state index in [1.165, 1.54) is 12.5 Å². The van der Waals surface area contributed by atoms with Crippen LogP contribution in [0.1, 0.15) is 45.2 Å². The molecule has 0 saturated heterocycles. The minimum Gasteiger partial charge on any atom is -0.481 e. The molecule has 0 radical (unpaired) electrons. The van der Waals surface area contributed by atoms with Crippen LogP contribution in [-0.2, 0) is 35.2 Å². The second-order valence-electron chi connectivity index (χ2n) is 8.32. The number of nitrogens with zero attached hydrogens (tertiary/aromatic N) is 1. The third kappa shape index (κ3) is 10.1. The third-order valence-corrected chi connectivity index (χ3v) is 5.47. The number of nitrogens with two attached hydrogens (primary N) is 2. The van der Waals surface area contributed by atoms with Crippen molar-refractivity contribution in [1.29, 1.82) is 0 Å². The molecule has 0 aliphatic rings. The Bertz CT molecular complexity index is 937. The Morgan fingerprint density at radius 1 is 1.00 bits per heavy atom. The van der Waals surface area contributed by atoms with Gasteiger partial charge in [-0.05, 0) is 12.3 Å². The summed E-state index contributed by atoms with van der Waals surface area (Å²) >= 11 is 0. The van der Waals surface area contributed by atoms with Gasteiger partial charge in [0, 0.05) is 24.7 Å². The van der Waals surface area contributed by atoms with Crippen molar-refractivity contribution in [3.63, 3.8) is 0 Å². The number of aromatic nitrogens is 2. The van der Waals surface area contributed by atoms with E-state index < -0.39 is 79.0 Å². The number of carboxylic acid groups (broad SMARTS) is 2. The number of hydrogen-bond donors (Lipinski definition) is 8. The molecule has 200 valence electrons. The van der Waals surface area contributed by atoms with Gasteiger partial charge in [0.05, 0.1) is 18.8 Å². The number of carboxylic acids is 2. The zero-order chi connectivity index (χ0) is 27.4. The number of imidazole rings is 1. The van der Waals surface area contributed by atoms with Crippen molar-refractivity contribution < 1.29 is 39.0 Å². The number of nitrogens with one attached hydrogen (secondary N) is 4. The van der Waals surface area contributed by atoms with Crippen molar-refractivity contribution in [3.05, 3.63) is 18.2 Å². The lowest BCUT2D eigenvalue weighted by atomic mass is 9.98. The Morgan fingerprint density at radius 3 is 2.08 bits per heavy atom. The standard InChI is InChI=1S/C21H33N7O8/c1-3-10(2)17(23)20(34)27-13(6-11-8-24-9-25-11)19(33)26-12(4-5-16(30)31)18(32)28-14(21(35)36)7-15(22)29/h8-10,12-14,17H,3-7,23H2,1-2H3,(H2,22,29)(H,24,25)(H,26,33)(H,27,34)(H,28,32)(H,30,31)(H,35,36). The molecule has 5 unspecified atom stereocenters. The molecule has 0 saturated carbocycles. The van der Waals surface area contributed by atoms with Gasteiger partial charge in [0.1, 0.15) is 18.1 Å². The molecule has 15 nitrogen and oxygen atoms in total. The predicted octanol–water partition coefficient (Wildman–Crippen LogP) is -2.40. The summed E-state index contributed by atoms with van der Waals surface area (Å²) in [5, 5.41) is 25.2. The summed E-state index contributed by atoms with van der Waals surface area (Å²) in [5.41, 5.74) is 11.4. The molecule has 10 N–H and O–H groups in total. The number of carbonyl (C=O) groups excluding carboxylic acids is 4. The minimum absolute atomic E-state index is 0.0580. The van der Waals surface area contributed by atoms with E-state index in [4.69, 9.17) is 16.6 Å². The van der Waals surface area contributed by atoms with Crippen LogP contribution >= 0.6 is 0 Å². The van der Waals surface area contributed by atoms with Crippen molar-refractivity contribution in [2.75, 3.05) is 0 Å². The summed E-state index contributed by atoms with van der Waals surface area (Å²) in [4.78, 5) is 78.7. The lowest BCUT2D eigenvalue weighted by molar-refractivity contribution is -0.144. The highest BCUT2D eigenvalue weighted by molar-refractivity contribution is 5.95. The van der Waals surface area contributed by atoms with Crippen LogP contribution in [0.2, 0.25) is 0 Å². The molecule has 0 aliphatic carbocycles. The number of hydrogen-bond acceptors (Lipinski definition) is 8. The number of rotatable bonds is 16. The lowest BCUT2D eigenvalue weighted by Gasteiger charge is -2.25. The zero-order valence-electron chi connectivity index (χ0n) is 20.0. The monoisotopic (exact) mass is 511 g/mol. The van der Waals surface area contributed by atoms with E-state index in [1.54, 1.807) is 6.92 Å². The highest BCUT2D eigenvalue weighted by atomic mass is 16.4. The van der Waals surface area contributed by atoms with Crippen molar-refractivity contribution in [1.82, 2.24) is 25.9 Å². The summed E-state index contributed by atoms with van der Waals surface area (Å²) in [6.45, 7) is 3.62. The van der Waals surface area contributed by atoms with E-state index in [2.05, 4.69) is 25.9 Å². The third-order valence-electron chi connectivity index (χ3n) is 5.47. The molecular weight excluding hydrogens is 478 g/mol. The van der Waals surface area contributed by atoms with Crippen LogP contribution in [0, 0.1) is 5.92 Å². The number of H-pyrrole nitrogens is 1. The fourth-order valence-electron chi connectivity index (χ4n) is 3.09. The molecule has 1 heterocycles. The minimum atomic E-state index is -1.69. The van der Waals surface area contributed by atoms with Gasteiger partial charge in [0.15, 0.2) is 0 Å². The van der Waals surface area contributed by atoms with E-state index in [9.17, 15) is 33.9 Å². The van der Waals surface area contributed by atoms with Crippen molar-refractivity contribution in [2.45, 2.75) is 70.1 Å². The first-order valence-corrected chi connectivity index (χ1v) is 11.2. The molecule has 0 spiro atoms. The Morgan fingerprint density at radius 2 is 1.58 bits per heavy atom. The van der Waals surface area contributed by atoms with Gasteiger partial charge in [-0.1, -0.05) is 20.3 Å². The maximum atomic E-state index is 13.1. The molecule has 0 aliphatic heterocycles. The summed E-state index contributed by atoms with van der Waals surface area (Å²) in [6.07, 6.45) is 1.70. The topological polar surface area (TPSA) is 260 Å². The van der Waals surface area contributed by atoms with E-state index in [-0.39, 0.29) is 12.3 Å². The average Bonchev–Trinajstić information content (AvgIpc) is 3.32. The number of amides is 4. The van der Waals surface area contributed by atoms with Gasteiger partial charge in [-0.15, -0.1) is 0 Å². The first-order valence-electron chi connectivity index (χ1n) is 11.2. The summed E-state index contributed by atoms with van der Waals surface area (Å²) in [6, 6.07) is -5.32. The van der Waals surface area contributed by atoms with Crippen LogP contribution in [0.15, 0.2) is 12.5 Å². The summed E-state index contributed by atoms with van der Waals surface area (Å²) in [5.74, 6) is -6.49. The average molecular weight is 512 g/mol. The first-order chi connectivity index (χ1) is 16.8. The number of carbonyl (C=O) groups is 6. The Kier molecular flexibility index (Phi) is 12.0. The zero-order valence-corrected chi connectivity index (χ0v) is 20.0. The normalized spacial score (nSPS) is 15.0. The Balaban J connectivity index is 3.11. The van der Waals surface area contributed by atoms with Gasteiger partial charge in [-0.3, -0.25) is 24.0 Å². The number of primary amides is 1. The van der Waals surface area contributed by atoms with Gasteiger partial charge < -0.3 is 42.6 Å². The van der Waals surface area contributed by atoms with Gasteiger partial charge in [0.2, 0.25) is 23.6 Å². The Labute approximate surface area is 206 Å². The molecule has 1 aromatic rings.